The molecule has 0 aromatic heterocycles. The number of amides is 1. The van der Waals surface area contributed by atoms with Gasteiger partial charge in [0.2, 0.25) is 0 Å². The lowest BCUT2D eigenvalue weighted by Crippen LogP contribution is -1.98. The van der Waals surface area contributed by atoms with Crippen LogP contribution in [0.25, 0.3) is 0 Å². The van der Waals surface area contributed by atoms with Crippen LogP contribution in [-0.4, -0.2) is 18.6 Å². The number of nitrogens with zero attached hydrogens (tertiary/aromatic N) is 2. The topological polar surface area (TPSA) is 51.0 Å². The number of rotatable bonds is 3. The van der Waals surface area contributed by atoms with E-state index in [2.05, 4.69) is 16.0 Å². The van der Waals surface area contributed by atoms with Gasteiger partial charge in [0, 0.05) is 6.54 Å². The summed E-state index contributed by atoms with van der Waals surface area (Å²) in [5, 5.41) is 0. The second kappa shape index (κ2) is 6.51. The summed E-state index contributed by atoms with van der Waals surface area (Å²) in [5.74, 6) is 0. The number of carbonyl (C=O) groups is 1. The lowest BCUT2D eigenvalue weighted by molar-refractivity contribution is 0.151. The van der Waals surface area contributed by atoms with E-state index < -0.39 is 6.09 Å². The first-order chi connectivity index (χ1) is 7.33. The van der Waals surface area contributed by atoms with Crippen molar-refractivity contribution in [2.24, 2.45) is 9.98 Å². The number of carbonyl (C=O) groups excluding carboxylic acids is 1. The first-order valence-electron chi connectivity index (χ1n) is 4.66. The molecule has 1 aromatic rings. The van der Waals surface area contributed by atoms with Gasteiger partial charge >= 0.3 is 6.09 Å². The molecule has 0 saturated heterocycles. The molecule has 0 bridgehead atoms. The molecule has 0 aliphatic carbocycles. The summed E-state index contributed by atoms with van der Waals surface area (Å²) in [7, 11) is 0. The summed E-state index contributed by atoms with van der Waals surface area (Å²) >= 11 is 0. The fourth-order valence-corrected chi connectivity index (χ4v) is 0.898. The first kappa shape index (κ1) is 11.1. The maximum atomic E-state index is 11.0. The molecule has 1 aromatic carbocycles. The predicted octanol–water partition coefficient (Wildman–Crippen LogP) is 2.52. The third-order valence-electron chi connectivity index (χ3n) is 1.58. The second-order valence-corrected chi connectivity index (χ2v) is 2.73. The van der Waals surface area contributed by atoms with Crippen molar-refractivity contribution in [3.05, 3.63) is 35.9 Å². The molecule has 0 heterocycles. The zero-order valence-corrected chi connectivity index (χ0v) is 8.51. The van der Waals surface area contributed by atoms with E-state index in [0.717, 1.165) is 5.56 Å². The van der Waals surface area contributed by atoms with E-state index in [-0.39, 0.29) is 6.61 Å². The van der Waals surface area contributed by atoms with Crippen LogP contribution in [0.15, 0.2) is 40.3 Å². The lowest BCUT2D eigenvalue weighted by Gasteiger charge is -1.99. The standard InChI is InChI=1S/C11H12N2O2/c1-2-12-9-13-11(14)15-8-10-6-4-3-5-7-10/h3-7H,2,8H2,1H3. The molecular weight excluding hydrogens is 192 g/mol. The highest BCUT2D eigenvalue weighted by Crippen LogP contribution is 2.00. The van der Waals surface area contributed by atoms with Crippen LogP contribution in [0.2, 0.25) is 0 Å². The third-order valence-corrected chi connectivity index (χ3v) is 1.58. The van der Waals surface area contributed by atoms with Gasteiger partial charge < -0.3 is 4.74 Å². The van der Waals surface area contributed by atoms with Crippen molar-refractivity contribution < 1.29 is 9.53 Å². The van der Waals surface area contributed by atoms with Gasteiger partial charge in [0.1, 0.15) is 12.6 Å². The minimum atomic E-state index is -0.670. The van der Waals surface area contributed by atoms with Crippen LogP contribution in [0.3, 0.4) is 0 Å². The van der Waals surface area contributed by atoms with Gasteiger partial charge in [-0.1, -0.05) is 30.3 Å². The normalized spacial score (nSPS) is 8.87. The van der Waals surface area contributed by atoms with Crippen molar-refractivity contribution in [2.45, 2.75) is 13.5 Å². The van der Waals surface area contributed by atoms with Crippen LogP contribution in [-0.2, 0) is 11.3 Å². The fraction of sp³-hybridized carbons (Fsp3) is 0.273. The Morgan fingerprint density at radius 3 is 2.80 bits per heavy atom. The maximum absolute atomic E-state index is 11.0. The Kier molecular flexibility index (Phi) is 4.84. The molecule has 0 saturated carbocycles. The van der Waals surface area contributed by atoms with Crippen LogP contribution in [0.4, 0.5) is 4.79 Å². The van der Waals surface area contributed by atoms with E-state index in [0.29, 0.717) is 6.54 Å². The Morgan fingerprint density at radius 1 is 1.40 bits per heavy atom. The summed E-state index contributed by atoms with van der Waals surface area (Å²) in [6, 6.07) is 11.7. The Bertz CT molecular complexity index is 367. The van der Waals surface area contributed by atoms with Crippen molar-refractivity contribution in [1.82, 2.24) is 0 Å². The summed E-state index contributed by atoms with van der Waals surface area (Å²) in [6.45, 7) is 2.60. The SMILES string of the molecule is CCN=C=NC(=O)OCc1ccccc1. The van der Waals surface area contributed by atoms with E-state index in [1.54, 1.807) is 0 Å². The van der Waals surface area contributed by atoms with Gasteiger partial charge in [0.15, 0.2) is 0 Å². The smallest absolute Gasteiger partial charge is 0.443 e. The van der Waals surface area contributed by atoms with Crippen molar-refractivity contribution in [3.63, 3.8) is 0 Å². The zero-order valence-electron chi connectivity index (χ0n) is 8.51. The lowest BCUT2D eigenvalue weighted by atomic mass is 10.2. The molecule has 4 nitrogen and oxygen atoms in total. The molecule has 0 fully saturated rings. The largest absolute Gasteiger partial charge is 0.443 e. The Morgan fingerprint density at radius 2 is 2.13 bits per heavy atom. The van der Waals surface area contributed by atoms with Crippen LogP contribution in [0, 0.1) is 0 Å². The average Bonchev–Trinajstić information content (AvgIpc) is 2.28. The minimum Gasteiger partial charge on any atom is -0.443 e. The fourth-order valence-electron chi connectivity index (χ4n) is 0.898. The Labute approximate surface area is 88.3 Å². The number of benzene rings is 1. The van der Waals surface area contributed by atoms with Crippen molar-refractivity contribution in [2.75, 3.05) is 6.54 Å². The molecular formula is C11H12N2O2. The molecule has 0 radical (unpaired) electrons. The molecule has 0 aliphatic heterocycles. The molecule has 0 unspecified atom stereocenters. The van der Waals surface area contributed by atoms with Crippen molar-refractivity contribution in [3.8, 4) is 0 Å². The molecule has 4 heteroatoms. The van der Waals surface area contributed by atoms with Gasteiger partial charge in [-0.25, -0.2) is 9.79 Å². The molecule has 0 aliphatic rings. The third kappa shape index (κ3) is 4.74. The summed E-state index contributed by atoms with van der Waals surface area (Å²) < 4.78 is 4.85. The van der Waals surface area contributed by atoms with Gasteiger partial charge in [-0.3, -0.25) is 0 Å². The average molecular weight is 204 g/mol. The van der Waals surface area contributed by atoms with Crippen LogP contribution >= 0.6 is 0 Å². The molecule has 1 rings (SSSR count). The molecule has 0 spiro atoms. The number of aliphatic imine (C=N–C) groups is 2. The van der Waals surface area contributed by atoms with Crippen LogP contribution < -0.4 is 0 Å². The zero-order chi connectivity index (χ0) is 10.9. The second-order valence-electron chi connectivity index (χ2n) is 2.73. The first-order valence-corrected chi connectivity index (χ1v) is 4.66. The van der Waals surface area contributed by atoms with E-state index in [1.165, 1.54) is 0 Å². The van der Waals surface area contributed by atoms with Crippen molar-refractivity contribution in [1.29, 1.82) is 0 Å². The van der Waals surface area contributed by atoms with Gasteiger partial charge in [0.25, 0.3) is 0 Å². The molecule has 0 N–H and O–H groups in total. The monoisotopic (exact) mass is 204 g/mol. The predicted molar refractivity (Wildman–Crippen MR) is 57.0 cm³/mol. The molecule has 0 atom stereocenters. The van der Waals surface area contributed by atoms with Gasteiger partial charge in [-0.15, -0.1) is 4.99 Å². The van der Waals surface area contributed by atoms with Crippen LogP contribution in [0.1, 0.15) is 12.5 Å². The highest BCUT2D eigenvalue weighted by atomic mass is 16.5. The summed E-state index contributed by atoms with van der Waals surface area (Å²) in [5.41, 5.74) is 0.925. The highest BCUT2D eigenvalue weighted by Gasteiger charge is 1.98. The number of hydrogen-bond donors (Lipinski definition) is 0. The van der Waals surface area contributed by atoms with E-state index in [1.807, 2.05) is 37.3 Å². The van der Waals surface area contributed by atoms with Gasteiger partial charge in [0.05, 0.1) is 0 Å². The quantitative estimate of drug-likeness (QED) is 0.710. The molecule has 78 valence electrons. The molecule has 15 heavy (non-hydrogen) atoms. The van der Waals surface area contributed by atoms with E-state index in [4.69, 9.17) is 4.74 Å². The van der Waals surface area contributed by atoms with Crippen molar-refractivity contribution >= 4 is 12.1 Å². The highest BCUT2D eigenvalue weighted by molar-refractivity contribution is 5.75. The summed E-state index contributed by atoms with van der Waals surface area (Å²) in [4.78, 5) is 18.0. The Balaban J connectivity index is 2.38. The minimum absolute atomic E-state index is 0.219. The van der Waals surface area contributed by atoms with Gasteiger partial charge in [-0.05, 0) is 12.5 Å². The number of hydrogen-bond acceptors (Lipinski definition) is 3. The van der Waals surface area contributed by atoms with E-state index in [9.17, 15) is 4.79 Å². The Hall–Kier alpha value is -1.93. The van der Waals surface area contributed by atoms with Gasteiger partial charge in [-0.2, -0.15) is 0 Å². The molecule has 1 amide bonds. The van der Waals surface area contributed by atoms with E-state index >= 15 is 0 Å². The van der Waals surface area contributed by atoms with Crippen LogP contribution in [0.5, 0.6) is 0 Å². The maximum Gasteiger partial charge on any atom is 0.443 e. The number of ether oxygens (including phenoxy) is 1. The summed E-state index contributed by atoms with van der Waals surface area (Å²) in [6.07, 6.45) is -0.670.